The summed E-state index contributed by atoms with van der Waals surface area (Å²) >= 11 is 11.2. The van der Waals surface area contributed by atoms with Crippen molar-refractivity contribution in [2.24, 2.45) is 0 Å². The Morgan fingerprint density at radius 1 is 1.00 bits per heavy atom. The van der Waals surface area contributed by atoms with Gasteiger partial charge in [-0.1, -0.05) is 29.8 Å². The fourth-order valence-corrected chi connectivity index (χ4v) is 3.90. The van der Waals surface area contributed by atoms with E-state index in [-0.39, 0.29) is 10.7 Å². The molecular formula is C21H18ClN3O2S. The Bertz CT molecular complexity index is 981. The molecule has 4 rings (SSSR count). The molecule has 0 spiro atoms. The molecule has 2 fully saturated rings. The van der Waals surface area contributed by atoms with Gasteiger partial charge in [0.1, 0.15) is 5.57 Å². The van der Waals surface area contributed by atoms with Gasteiger partial charge in [-0.2, -0.15) is 0 Å². The summed E-state index contributed by atoms with van der Waals surface area (Å²) in [5.41, 5.74) is 2.47. The first-order valence-electron chi connectivity index (χ1n) is 9.05. The van der Waals surface area contributed by atoms with Crippen molar-refractivity contribution >= 4 is 58.2 Å². The zero-order valence-electron chi connectivity index (χ0n) is 15.0. The fraction of sp³-hybridized carbons (Fsp3) is 0.190. The van der Waals surface area contributed by atoms with E-state index in [1.54, 1.807) is 30.3 Å². The third-order valence-electron chi connectivity index (χ3n) is 4.84. The molecule has 2 aliphatic rings. The van der Waals surface area contributed by atoms with Gasteiger partial charge in [-0.25, -0.2) is 0 Å². The van der Waals surface area contributed by atoms with Crippen LogP contribution in [0.15, 0.2) is 54.1 Å². The molecule has 0 radical (unpaired) electrons. The van der Waals surface area contributed by atoms with E-state index in [1.807, 2.05) is 24.3 Å². The molecule has 0 aliphatic carbocycles. The molecule has 2 aliphatic heterocycles. The van der Waals surface area contributed by atoms with E-state index in [1.165, 1.54) is 17.7 Å². The predicted octanol–water partition coefficient (Wildman–Crippen LogP) is 3.77. The third kappa shape index (κ3) is 3.66. The molecule has 7 heteroatoms. The first-order valence-corrected chi connectivity index (χ1v) is 9.83. The summed E-state index contributed by atoms with van der Waals surface area (Å²) in [7, 11) is 0. The van der Waals surface area contributed by atoms with Crippen LogP contribution in [0, 0.1) is 0 Å². The lowest BCUT2D eigenvalue weighted by Crippen LogP contribution is -2.54. The lowest BCUT2D eigenvalue weighted by atomic mass is 10.1. The lowest BCUT2D eigenvalue weighted by Gasteiger charge is -2.29. The van der Waals surface area contributed by atoms with E-state index < -0.39 is 11.8 Å². The number of halogens is 1. The van der Waals surface area contributed by atoms with E-state index >= 15 is 0 Å². The Balaban J connectivity index is 1.63. The number of hydrogen-bond acceptors (Lipinski definition) is 4. The summed E-state index contributed by atoms with van der Waals surface area (Å²) in [5, 5.41) is 3.10. The lowest BCUT2D eigenvalue weighted by molar-refractivity contribution is -0.122. The normalized spacial score (nSPS) is 18.8. The van der Waals surface area contributed by atoms with E-state index in [0.717, 1.165) is 24.3 Å². The van der Waals surface area contributed by atoms with Crippen molar-refractivity contribution in [3.8, 4) is 0 Å². The van der Waals surface area contributed by atoms with Crippen molar-refractivity contribution < 1.29 is 9.59 Å². The molecule has 0 atom stereocenters. The van der Waals surface area contributed by atoms with Crippen LogP contribution in [0.4, 0.5) is 11.4 Å². The Morgan fingerprint density at radius 3 is 2.39 bits per heavy atom. The highest BCUT2D eigenvalue weighted by Gasteiger charge is 2.34. The second kappa shape index (κ2) is 7.73. The number of carbonyl (C=O) groups excluding carboxylic acids is 2. The molecule has 0 bridgehead atoms. The molecule has 28 heavy (non-hydrogen) atoms. The summed E-state index contributed by atoms with van der Waals surface area (Å²) in [6.45, 7) is 2.13. The van der Waals surface area contributed by atoms with Gasteiger partial charge in [0.15, 0.2) is 5.11 Å². The first kappa shape index (κ1) is 18.7. The van der Waals surface area contributed by atoms with Crippen LogP contribution in [0.1, 0.15) is 18.4 Å². The molecule has 0 saturated carbocycles. The zero-order chi connectivity index (χ0) is 19.7. The van der Waals surface area contributed by atoms with Crippen LogP contribution < -0.4 is 15.1 Å². The van der Waals surface area contributed by atoms with Crippen molar-refractivity contribution in [2.75, 3.05) is 22.9 Å². The molecule has 2 aromatic carbocycles. The van der Waals surface area contributed by atoms with E-state index in [9.17, 15) is 9.59 Å². The van der Waals surface area contributed by atoms with E-state index in [2.05, 4.69) is 10.2 Å². The van der Waals surface area contributed by atoms with Crippen LogP contribution in [-0.4, -0.2) is 30.0 Å². The number of hydrogen-bond donors (Lipinski definition) is 1. The predicted molar refractivity (Wildman–Crippen MR) is 116 cm³/mol. The molecule has 0 unspecified atom stereocenters. The number of thiocarbonyl (C=S) groups is 1. The Morgan fingerprint density at radius 2 is 1.71 bits per heavy atom. The summed E-state index contributed by atoms with van der Waals surface area (Å²) in [6.07, 6.45) is 4.00. The molecule has 2 heterocycles. The number of nitrogens with one attached hydrogen (secondary N) is 1. The maximum atomic E-state index is 13.0. The summed E-state index contributed by atoms with van der Waals surface area (Å²) in [4.78, 5) is 29.0. The van der Waals surface area contributed by atoms with Crippen LogP contribution in [0.5, 0.6) is 0 Å². The molecule has 0 aromatic heterocycles. The maximum absolute atomic E-state index is 13.0. The largest absolute Gasteiger partial charge is 0.372 e. The number of rotatable bonds is 3. The average molecular weight is 412 g/mol. The van der Waals surface area contributed by atoms with Crippen molar-refractivity contribution in [1.29, 1.82) is 0 Å². The zero-order valence-corrected chi connectivity index (χ0v) is 16.6. The van der Waals surface area contributed by atoms with Crippen molar-refractivity contribution in [1.82, 2.24) is 5.32 Å². The number of nitrogens with zero attached hydrogens (tertiary/aromatic N) is 2. The highest BCUT2D eigenvalue weighted by molar-refractivity contribution is 7.80. The van der Waals surface area contributed by atoms with Gasteiger partial charge in [0.05, 0.1) is 5.69 Å². The minimum atomic E-state index is -0.503. The van der Waals surface area contributed by atoms with Crippen LogP contribution in [0.3, 0.4) is 0 Å². The molecule has 2 amide bonds. The highest BCUT2D eigenvalue weighted by atomic mass is 35.5. The van der Waals surface area contributed by atoms with Gasteiger partial charge >= 0.3 is 0 Å². The minimum Gasteiger partial charge on any atom is -0.372 e. The van der Waals surface area contributed by atoms with Crippen molar-refractivity contribution in [3.63, 3.8) is 0 Å². The smallest absolute Gasteiger partial charge is 0.270 e. The summed E-state index contributed by atoms with van der Waals surface area (Å²) in [6, 6.07) is 14.6. The van der Waals surface area contributed by atoms with Crippen LogP contribution in [-0.2, 0) is 9.59 Å². The number of carbonyl (C=O) groups is 2. The van der Waals surface area contributed by atoms with Gasteiger partial charge < -0.3 is 4.90 Å². The fourth-order valence-electron chi connectivity index (χ4n) is 3.43. The molecule has 2 saturated heterocycles. The topological polar surface area (TPSA) is 52.7 Å². The minimum absolute atomic E-state index is 0.0301. The maximum Gasteiger partial charge on any atom is 0.270 e. The summed E-state index contributed by atoms with van der Waals surface area (Å²) in [5.74, 6) is -0.975. The van der Waals surface area contributed by atoms with Gasteiger partial charge in [0.2, 0.25) is 0 Å². The Kier molecular flexibility index (Phi) is 5.15. The van der Waals surface area contributed by atoms with Gasteiger partial charge in [0.25, 0.3) is 11.8 Å². The van der Waals surface area contributed by atoms with E-state index in [0.29, 0.717) is 10.7 Å². The molecule has 5 nitrogen and oxygen atoms in total. The van der Waals surface area contributed by atoms with Gasteiger partial charge in [-0.15, -0.1) is 0 Å². The average Bonchev–Trinajstić information content (AvgIpc) is 3.20. The number of anilines is 2. The van der Waals surface area contributed by atoms with Crippen LogP contribution >= 0.6 is 23.8 Å². The molecule has 1 N–H and O–H groups in total. The Labute approximate surface area is 173 Å². The van der Waals surface area contributed by atoms with Gasteiger partial charge in [-0.3, -0.25) is 19.8 Å². The molecule has 2 aromatic rings. The summed E-state index contributed by atoms with van der Waals surface area (Å²) < 4.78 is 0. The number of amides is 2. The monoisotopic (exact) mass is 411 g/mol. The van der Waals surface area contributed by atoms with Crippen molar-refractivity contribution in [2.45, 2.75) is 12.8 Å². The quantitative estimate of drug-likeness (QED) is 0.474. The van der Waals surface area contributed by atoms with Gasteiger partial charge in [0, 0.05) is 23.8 Å². The van der Waals surface area contributed by atoms with E-state index in [4.69, 9.17) is 23.8 Å². The number of benzene rings is 2. The van der Waals surface area contributed by atoms with Crippen LogP contribution in [0.25, 0.3) is 6.08 Å². The standard InChI is InChI=1S/C21H18ClN3O2S/c22-15-4-3-5-17(13-15)25-20(27)18(19(26)23-21(25)28)12-14-6-8-16(9-7-14)24-10-1-2-11-24/h3-9,12-13H,1-2,10-11H2,(H,23,26,28). The highest BCUT2D eigenvalue weighted by Crippen LogP contribution is 2.25. The molecular weight excluding hydrogens is 394 g/mol. The van der Waals surface area contributed by atoms with Crippen LogP contribution in [0.2, 0.25) is 5.02 Å². The Hall–Kier alpha value is -2.70. The molecule has 142 valence electrons. The second-order valence-corrected chi connectivity index (χ2v) is 7.55. The third-order valence-corrected chi connectivity index (χ3v) is 5.36. The SMILES string of the molecule is O=C1NC(=S)N(c2cccc(Cl)c2)C(=O)C1=Cc1ccc(N2CCCC2)cc1. The first-order chi connectivity index (χ1) is 13.5. The van der Waals surface area contributed by atoms with Crippen molar-refractivity contribution in [3.05, 3.63) is 64.7 Å². The van der Waals surface area contributed by atoms with Gasteiger partial charge in [-0.05, 0) is 67.0 Å². The second-order valence-electron chi connectivity index (χ2n) is 6.72.